The van der Waals surface area contributed by atoms with Gasteiger partial charge in [-0.3, -0.25) is 0 Å². The highest BCUT2D eigenvalue weighted by Crippen LogP contribution is 2.13. The van der Waals surface area contributed by atoms with Gasteiger partial charge in [0.25, 0.3) is 0 Å². The highest BCUT2D eigenvalue weighted by molar-refractivity contribution is 9.09. The number of alkyl halides is 2. The Morgan fingerprint density at radius 2 is 1.20 bits per heavy atom. The van der Waals surface area contributed by atoms with E-state index in [-0.39, 0.29) is 11.5 Å². The Morgan fingerprint density at radius 1 is 0.867 bits per heavy atom. The lowest BCUT2D eigenvalue weighted by Gasteiger charge is -1.93. The van der Waals surface area contributed by atoms with Crippen LogP contribution in [0.3, 0.4) is 0 Å². The molecule has 2 N–H and O–H groups in total. The van der Waals surface area contributed by atoms with Crippen molar-refractivity contribution in [2.75, 3.05) is 23.9 Å². The average molecular weight is 342 g/mol. The number of aromatic hydroxyl groups is 2. The van der Waals surface area contributed by atoms with E-state index in [2.05, 4.69) is 31.9 Å². The summed E-state index contributed by atoms with van der Waals surface area (Å²) in [5.74, 6) is 0.339. The van der Waals surface area contributed by atoms with Crippen LogP contribution >= 0.6 is 31.9 Å². The summed E-state index contributed by atoms with van der Waals surface area (Å²) in [7, 11) is 0. The van der Waals surface area contributed by atoms with E-state index in [1.807, 2.05) is 0 Å². The molecule has 0 aromatic heterocycles. The maximum Gasteiger partial charge on any atom is 0.115 e. The van der Waals surface area contributed by atoms with Crippen LogP contribution in [0.5, 0.6) is 11.5 Å². The Balaban J connectivity index is 0.000000265. The fourth-order valence-corrected chi connectivity index (χ4v) is 1.12. The van der Waals surface area contributed by atoms with E-state index in [1.165, 1.54) is 24.3 Å². The molecule has 1 rings (SSSR count). The molecule has 0 amide bonds. The van der Waals surface area contributed by atoms with Gasteiger partial charge < -0.3 is 14.9 Å². The van der Waals surface area contributed by atoms with Crippen LogP contribution in [0.1, 0.15) is 0 Å². The first-order valence-electron chi connectivity index (χ1n) is 4.38. The molecular formula is C10H14Br2O3. The molecule has 1 aromatic rings. The van der Waals surface area contributed by atoms with E-state index in [4.69, 9.17) is 14.9 Å². The summed E-state index contributed by atoms with van der Waals surface area (Å²) in [5.41, 5.74) is 0. The lowest BCUT2D eigenvalue weighted by Crippen LogP contribution is -1.97. The Hall–Kier alpha value is -0.260. The predicted molar refractivity (Wildman–Crippen MR) is 68.2 cm³/mol. The van der Waals surface area contributed by atoms with Crippen molar-refractivity contribution in [2.24, 2.45) is 0 Å². The molecule has 0 bridgehead atoms. The minimum absolute atomic E-state index is 0.169. The Morgan fingerprint density at radius 3 is 1.47 bits per heavy atom. The van der Waals surface area contributed by atoms with E-state index in [0.717, 1.165) is 23.9 Å². The van der Waals surface area contributed by atoms with Gasteiger partial charge in [-0.2, -0.15) is 0 Å². The summed E-state index contributed by atoms with van der Waals surface area (Å²) in [6, 6.07) is 5.70. The Bertz CT molecular complexity index is 214. The molecule has 86 valence electrons. The first-order valence-corrected chi connectivity index (χ1v) is 6.62. The van der Waals surface area contributed by atoms with Gasteiger partial charge >= 0.3 is 0 Å². The highest BCUT2D eigenvalue weighted by atomic mass is 79.9. The van der Waals surface area contributed by atoms with Gasteiger partial charge in [0, 0.05) is 10.7 Å². The van der Waals surface area contributed by atoms with Crippen LogP contribution in [-0.2, 0) is 4.74 Å². The zero-order valence-corrected chi connectivity index (χ0v) is 11.4. The van der Waals surface area contributed by atoms with Crippen LogP contribution in [0.2, 0.25) is 0 Å². The van der Waals surface area contributed by atoms with Crippen LogP contribution in [-0.4, -0.2) is 34.1 Å². The van der Waals surface area contributed by atoms with Crippen LogP contribution in [0.15, 0.2) is 24.3 Å². The standard InChI is InChI=1S/C6H6O2.C4H8Br2O/c7-5-1-2-6(8)4-3-5;5-1-3-7-4-2-6/h1-4,7-8H;1-4H2. The maximum absolute atomic E-state index is 8.65. The Kier molecular flexibility index (Phi) is 10.1. The SMILES string of the molecule is BrCCOCCBr.Oc1ccc(O)cc1. The van der Waals surface area contributed by atoms with E-state index < -0.39 is 0 Å². The fraction of sp³-hybridized carbons (Fsp3) is 0.400. The smallest absolute Gasteiger partial charge is 0.115 e. The molecule has 3 nitrogen and oxygen atoms in total. The van der Waals surface area contributed by atoms with Gasteiger partial charge in [0.15, 0.2) is 0 Å². The van der Waals surface area contributed by atoms with Crippen molar-refractivity contribution in [3.8, 4) is 11.5 Å². The summed E-state index contributed by atoms with van der Waals surface area (Å²) < 4.78 is 5.04. The topological polar surface area (TPSA) is 49.7 Å². The van der Waals surface area contributed by atoms with Crippen molar-refractivity contribution in [3.05, 3.63) is 24.3 Å². The average Bonchev–Trinajstić information content (AvgIpc) is 2.24. The number of ether oxygens (including phenoxy) is 1. The van der Waals surface area contributed by atoms with Crippen molar-refractivity contribution in [3.63, 3.8) is 0 Å². The summed E-state index contributed by atoms with van der Waals surface area (Å²) >= 11 is 6.48. The lowest BCUT2D eigenvalue weighted by atomic mass is 10.3. The van der Waals surface area contributed by atoms with Crippen molar-refractivity contribution in [1.82, 2.24) is 0 Å². The zero-order chi connectivity index (χ0) is 11.5. The third kappa shape index (κ3) is 10.0. The Labute approximate surface area is 106 Å². The van der Waals surface area contributed by atoms with Crippen molar-refractivity contribution < 1.29 is 14.9 Å². The van der Waals surface area contributed by atoms with Gasteiger partial charge in [-0.05, 0) is 24.3 Å². The second-order valence-corrected chi connectivity index (χ2v) is 4.09. The molecule has 0 aliphatic rings. The second-order valence-electron chi connectivity index (χ2n) is 2.51. The molecule has 0 aliphatic heterocycles. The lowest BCUT2D eigenvalue weighted by molar-refractivity contribution is 0.168. The minimum Gasteiger partial charge on any atom is -0.508 e. The molecule has 0 radical (unpaired) electrons. The molecule has 0 aliphatic carbocycles. The van der Waals surface area contributed by atoms with Gasteiger partial charge in [0.05, 0.1) is 13.2 Å². The summed E-state index contributed by atoms with van der Waals surface area (Å²) in [4.78, 5) is 0. The number of benzene rings is 1. The van der Waals surface area contributed by atoms with Gasteiger partial charge in [-0.15, -0.1) is 0 Å². The zero-order valence-electron chi connectivity index (χ0n) is 8.20. The predicted octanol–water partition coefficient (Wildman–Crippen LogP) is 2.89. The highest BCUT2D eigenvalue weighted by Gasteiger charge is 1.84. The minimum atomic E-state index is 0.169. The van der Waals surface area contributed by atoms with Crippen molar-refractivity contribution in [2.45, 2.75) is 0 Å². The first-order chi connectivity index (χ1) is 7.20. The summed E-state index contributed by atoms with van der Waals surface area (Å²) in [6.45, 7) is 1.62. The van der Waals surface area contributed by atoms with Gasteiger partial charge in [0.1, 0.15) is 11.5 Å². The van der Waals surface area contributed by atoms with E-state index in [1.54, 1.807) is 0 Å². The second kappa shape index (κ2) is 10.3. The number of phenolic OH excluding ortho intramolecular Hbond substituents is 2. The number of hydrogen-bond donors (Lipinski definition) is 2. The summed E-state index contributed by atoms with van der Waals surface area (Å²) in [5, 5.41) is 19.2. The number of rotatable bonds is 4. The van der Waals surface area contributed by atoms with Crippen LogP contribution in [0.25, 0.3) is 0 Å². The van der Waals surface area contributed by atoms with E-state index in [0.29, 0.717) is 0 Å². The van der Waals surface area contributed by atoms with E-state index in [9.17, 15) is 0 Å². The van der Waals surface area contributed by atoms with Crippen LogP contribution in [0.4, 0.5) is 0 Å². The third-order valence-corrected chi connectivity index (χ3v) is 1.94. The van der Waals surface area contributed by atoms with Crippen molar-refractivity contribution >= 4 is 31.9 Å². The number of phenols is 2. The quantitative estimate of drug-likeness (QED) is 0.503. The van der Waals surface area contributed by atoms with Gasteiger partial charge in [-0.1, -0.05) is 31.9 Å². The molecular weight excluding hydrogens is 328 g/mol. The molecule has 15 heavy (non-hydrogen) atoms. The molecule has 5 heteroatoms. The maximum atomic E-state index is 8.65. The van der Waals surface area contributed by atoms with Crippen molar-refractivity contribution in [1.29, 1.82) is 0 Å². The summed E-state index contributed by atoms with van der Waals surface area (Å²) in [6.07, 6.45) is 0. The third-order valence-electron chi connectivity index (χ3n) is 1.29. The van der Waals surface area contributed by atoms with Crippen LogP contribution in [0, 0.1) is 0 Å². The molecule has 0 saturated heterocycles. The molecule has 0 saturated carbocycles. The van der Waals surface area contributed by atoms with Crippen LogP contribution < -0.4 is 0 Å². The number of hydrogen-bond acceptors (Lipinski definition) is 3. The fourth-order valence-electron chi connectivity index (χ4n) is 0.664. The monoisotopic (exact) mass is 340 g/mol. The molecule has 0 unspecified atom stereocenters. The molecule has 0 fully saturated rings. The van der Waals surface area contributed by atoms with Gasteiger partial charge in [-0.25, -0.2) is 0 Å². The van der Waals surface area contributed by atoms with Gasteiger partial charge in [0.2, 0.25) is 0 Å². The van der Waals surface area contributed by atoms with E-state index >= 15 is 0 Å². The molecule has 1 aromatic carbocycles. The molecule has 0 spiro atoms. The normalized spacial score (nSPS) is 9.20. The number of halogens is 2. The largest absolute Gasteiger partial charge is 0.508 e. The first kappa shape index (κ1) is 14.7. The molecule has 0 atom stereocenters. The molecule has 0 heterocycles.